The van der Waals surface area contributed by atoms with Crippen LogP contribution < -0.4 is 15.5 Å². The topological polar surface area (TPSA) is 92.1 Å². The van der Waals surface area contributed by atoms with Crippen molar-refractivity contribution in [1.82, 2.24) is 10.6 Å². The molecule has 0 bridgehead atoms. The van der Waals surface area contributed by atoms with Crippen molar-refractivity contribution in [2.75, 3.05) is 26.2 Å². The Bertz CT molecular complexity index is 343. The fourth-order valence-corrected chi connectivity index (χ4v) is 1.67. The lowest BCUT2D eigenvalue weighted by Crippen LogP contribution is -3.11. The minimum Gasteiger partial charge on any atom is -0.334 e. The van der Waals surface area contributed by atoms with E-state index in [4.69, 9.17) is 0 Å². The highest BCUT2D eigenvalue weighted by atomic mass is 16.2. The lowest BCUT2D eigenvalue weighted by molar-refractivity contribution is -0.894. The number of nitrogens with one attached hydrogen (secondary N) is 3. The summed E-state index contributed by atoms with van der Waals surface area (Å²) < 4.78 is 0. The Morgan fingerprint density at radius 2 is 1.72 bits per heavy atom. The number of amides is 4. The summed E-state index contributed by atoms with van der Waals surface area (Å²) in [6.07, 6.45) is 1.31. The smallest absolute Gasteiger partial charge is 0.328 e. The molecule has 1 aliphatic heterocycles. The first-order valence-electron chi connectivity index (χ1n) is 6.07. The number of hydrogen-bond acceptors (Lipinski definition) is 4. The molecule has 7 nitrogen and oxygen atoms in total. The highest BCUT2D eigenvalue weighted by molar-refractivity contribution is 6.23. The van der Waals surface area contributed by atoms with Gasteiger partial charge in [-0.1, -0.05) is 0 Å². The standard InChI is InChI=1S/C11H18N4O3/c1-3-15(4-2)6-5-12-7-8-9(16)13-11(18)14-10(8)17/h7-8H,3-6H2,1-2H3,(H2,13,14,16,17,18)/p+1. The quantitative estimate of drug-likeness (QED) is 0.377. The van der Waals surface area contributed by atoms with Crippen molar-refractivity contribution in [3.8, 4) is 0 Å². The molecule has 1 aliphatic rings. The monoisotopic (exact) mass is 255 g/mol. The van der Waals surface area contributed by atoms with Gasteiger partial charge in [0.2, 0.25) is 11.8 Å². The first-order valence-corrected chi connectivity index (χ1v) is 6.07. The predicted octanol–water partition coefficient (Wildman–Crippen LogP) is -2.04. The van der Waals surface area contributed by atoms with Crippen molar-refractivity contribution in [2.24, 2.45) is 10.9 Å². The van der Waals surface area contributed by atoms with E-state index in [0.29, 0.717) is 6.54 Å². The van der Waals surface area contributed by atoms with Crippen LogP contribution in [0.2, 0.25) is 0 Å². The van der Waals surface area contributed by atoms with Crippen LogP contribution in [-0.4, -0.2) is 50.2 Å². The van der Waals surface area contributed by atoms with Gasteiger partial charge in [-0.3, -0.25) is 25.2 Å². The van der Waals surface area contributed by atoms with Crippen LogP contribution in [0.3, 0.4) is 0 Å². The maximum Gasteiger partial charge on any atom is 0.328 e. The summed E-state index contributed by atoms with van der Waals surface area (Å²) in [7, 11) is 0. The fourth-order valence-electron chi connectivity index (χ4n) is 1.67. The molecule has 0 atom stereocenters. The van der Waals surface area contributed by atoms with Gasteiger partial charge in [0.05, 0.1) is 26.2 Å². The molecule has 0 aromatic heterocycles. The second-order valence-corrected chi connectivity index (χ2v) is 4.05. The van der Waals surface area contributed by atoms with Gasteiger partial charge in [-0.05, 0) is 13.8 Å². The van der Waals surface area contributed by atoms with Crippen LogP contribution in [0.25, 0.3) is 0 Å². The summed E-state index contributed by atoms with van der Waals surface area (Å²) in [4.78, 5) is 39.0. The Balaban J connectivity index is 2.44. The zero-order valence-electron chi connectivity index (χ0n) is 10.7. The molecule has 0 aromatic rings. The van der Waals surface area contributed by atoms with Gasteiger partial charge in [-0.25, -0.2) is 4.79 Å². The molecule has 0 saturated carbocycles. The van der Waals surface area contributed by atoms with Crippen molar-refractivity contribution in [3.63, 3.8) is 0 Å². The Labute approximate surface area is 106 Å². The van der Waals surface area contributed by atoms with Gasteiger partial charge in [0.1, 0.15) is 0 Å². The molecule has 1 fully saturated rings. The maximum atomic E-state index is 11.4. The van der Waals surface area contributed by atoms with Crippen LogP contribution in [0.4, 0.5) is 4.79 Å². The van der Waals surface area contributed by atoms with Gasteiger partial charge >= 0.3 is 6.03 Å². The van der Waals surface area contributed by atoms with Crippen LogP contribution in [-0.2, 0) is 9.59 Å². The van der Waals surface area contributed by atoms with E-state index >= 15 is 0 Å². The Morgan fingerprint density at radius 1 is 1.17 bits per heavy atom. The van der Waals surface area contributed by atoms with Gasteiger partial charge < -0.3 is 4.90 Å². The van der Waals surface area contributed by atoms with E-state index in [1.807, 2.05) is 10.6 Å². The molecular weight excluding hydrogens is 236 g/mol. The molecule has 1 heterocycles. The number of carbonyl (C=O) groups excluding carboxylic acids is 3. The number of aliphatic imine (C=N–C) groups is 1. The van der Waals surface area contributed by atoms with E-state index in [2.05, 4.69) is 18.8 Å². The third-order valence-corrected chi connectivity index (χ3v) is 2.89. The molecule has 0 radical (unpaired) electrons. The van der Waals surface area contributed by atoms with E-state index < -0.39 is 23.8 Å². The normalized spacial score (nSPS) is 17.4. The van der Waals surface area contributed by atoms with Crippen LogP contribution in [0.1, 0.15) is 13.8 Å². The summed E-state index contributed by atoms with van der Waals surface area (Å²) in [6.45, 7) is 7.64. The van der Waals surface area contributed by atoms with Crippen LogP contribution >= 0.6 is 0 Å². The highest BCUT2D eigenvalue weighted by Gasteiger charge is 2.32. The molecule has 0 unspecified atom stereocenters. The molecule has 7 heteroatoms. The van der Waals surface area contributed by atoms with Crippen LogP contribution in [0, 0.1) is 5.92 Å². The van der Waals surface area contributed by atoms with Crippen molar-refractivity contribution < 1.29 is 19.3 Å². The van der Waals surface area contributed by atoms with Crippen LogP contribution in [0.5, 0.6) is 0 Å². The Morgan fingerprint density at radius 3 is 2.22 bits per heavy atom. The molecule has 4 amide bonds. The number of urea groups is 1. The van der Waals surface area contributed by atoms with Crippen molar-refractivity contribution in [3.05, 3.63) is 0 Å². The molecule has 1 saturated heterocycles. The maximum absolute atomic E-state index is 11.4. The van der Waals surface area contributed by atoms with Crippen molar-refractivity contribution in [1.29, 1.82) is 0 Å². The number of likely N-dealkylation sites (N-methyl/N-ethyl adjacent to an activating group) is 1. The summed E-state index contributed by atoms with van der Waals surface area (Å²) in [5, 5.41) is 4.05. The number of quaternary nitrogens is 1. The van der Waals surface area contributed by atoms with E-state index in [1.165, 1.54) is 11.1 Å². The molecule has 0 aliphatic carbocycles. The van der Waals surface area contributed by atoms with E-state index in [0.717, 1.165) is 19.6 Å². The lowest BCUT2D eigenvalue weighted by Gasteiger charge is -2.17. The van der Waals surface area contributed by atoms with Gasteiger partial charge in [0.25, 0.3) is 0 Å². The fraction of sp³-hybridized carbons (Fsp3) is 0.636. The second-order valence-electron chi connectivity index (χ2n) is 4.05. The summed E-state index contributed by atoms with van der Waals surface area (Å²) in [5.74, 6) is -2.25. The van der Waals surface area contributed by atoms with Crippen molar-refractivity contribution >= 4 is 24.1 Å². The summed E-state index contributed by atoms with van der Waals surface area (Å²) in [5.41, 5.74) is 0. The third-order valence-electron chi connectivity index (χ3n) is 2.89. The van der Waals surface area contributed by atoms with Gasteiger partial charge in [0.15, 0.2) is 5.92 Å². The predicted molar refractivity (Wildman–Crippen MR) is 65.4 cm³/mol. The number of rotatable bonds is 6. The van der Waals surface area contributed by atoms with E-state index in [9.17, 15) is 14.4 Å². The van der Waals surface area contributed by atoms with E-state index in [1.54, 1.807) is 0 Å². The van der Waals surface area contributed by atoms with Crippen molar-refractivity contribution in [2.45, 2.75) is 13.8 Å². The zero-order chi connectivity index (χ0) is 13.5. The Hall–Kier alpha value is -1.76. The van der Waals surface area contributed by atoms with Gasteiger partial charge in [-0.2, -0.15) is 0 Å². The summed E-state index contributed by atoms with van der Waals surface area (Å²) >= 11 is 0. The zero-order valence-corrected chi connectivity index (χ0v) is 10.7. The molecule has 100 valence electrons. The third kappa shape index (κ3) is 3.92. The molecule has 0 aromatic carbocycles. The number of barbiturate groups is 1. The minimum atomic E-state index is -1.01. The molecular formula is C11H19N4O3+. The first kappa shape index (κ1) is 14.3. The van der Waals surface area contributed by atoms with Crippen LogP contribution in [0.15, 0.2) is 4.99 Å². The SMILES string of the molecule is CC[NH+](CC)CCN=CC1C(=O)NC(=O)NC1=O. The number of carbonyl (C=O) groups is 3. The largest absolute Gasteiger partial charge is 0.334 e. The summed E-state index contributed by atoms with van der Waals surface area (Å²) in [6, 6.07) is -0.776. The molecule has 3 N–H and O–H groups in total. The number of nitrogens with zero attached hydrogens (tertiary/aromatic N) is 1. The number of imide groups is 2. The van der Waals surface area contributed by atoms with E-state index in [-0.39, 0.29) is 0 Å². The molecule has 18 heavy (non-hydrogen) atoms. The molecule has 0 spiro atoms. The van der Waals surface area contributed by atoms with Gasteiger partial charge in [0, 0.05) is 6.21 Å². The average molecular weight is 255 g/mol. The minimum absolute atomic E-state index is 0.558. The lowest BCUT2D eigenvalue weighted by atomic mass is 10.1. The second kappa shape index (κ2) is 6.85. The van der Waals surface area contributed by atoms with Gasteiger partial charge in [-0.15, -0.1) is 0 Å². The Kier molecular flexibility index (Phi) is 5.44. The first-order chi connectivity index (χ1) is 8.58. The average Bonchev–Trinajstić information content (AvgIpc) is 2.32. The molecule has 1 rings (SSSR count). The highest BCUT2D eigenvalue weighted by Crippen LogP contribution is 1.98. The number of hydrogen-bond donors (Lipinski definition) is 3.